The Hall–Kier alpha value is -1.06. The Kier molecular flexibility index (Phi) is 3.54. The third-order valence-electron chi connectivity index (χ3n) is 4.37. The number of carbonyl (C=O) groups excluding carboxylic acids is 1. The molecule has 1 saturated carbocycles. The van der Waals surface area contributed by atoms with E-state index in [1.807, 2.05) is 41.5 Å². The molecule has 4 heteroatoms. The maximum absolute atomic E-state index is 12.4. The highest BCUT2D eigenvalue weighted by molar-refractivity contribution is 5.81. The molecule has 1 aliphatic carbocycles. The molecule has 1 aliphatic rings. The van der Waals surface area contributed by atoms with Crippen LogP contribution in [-0.2, 0) is 14.3 Å². The molecule has 0 heterocycles. The summed E-state index contributed by atoms with van der Waals surface area (Å²) in [6.45, 7) is 11.0. The normalized spacial score (nSPS) is 31.1. The van der Waals surface area contributed by atoms with Crippen molar-refractivity contribution in [3.05, 3.63) is 0 Å². The number of carboxylic acid groups (broad SMARTS) is 1. The van der Waals surface area contributed by atoms with Crippen molar-refractivity contribution >= 4 is 11.9 Å². The van der Waals surface area contributed by atoms with E-state index in [2.05, 4.69) is 0 Å². The summed E-state index contributed by atoms with van der Waals surface area (Å²) in [4.78, 5) is 23.6. The second-order valence-corrected chi connectivity index (χ2v) is 6.99. The molecule has 1 N–H and O–H groups in total. The fourth-order valence-electron chi connectivity index (χ4n) is 2.69. The Morgan fingerprint density at radius 1 is 1.22 bits per heavy atom. The van der Waals surface area contributed by atoms with Gasteiger partial charge in [0.15, 0.2) is 0 Å². The molecule has 1 fully saturated rings. The van der Waals surface area contributed by atoms with Crippen LogP contribution in [0.2, 0.25) is 0 Å². The van der Waals surface area contributed by atoms with E-state index in [-0.39, 0.29) is 5.97 Å². The van der Waals surface area contributed by atoms with E-state index in [0.29, 0.717) is 12.8 Å². The summed E-state index contributed by atoms with van der Waals surface area (Å²) >= 11 is 0. The maximum Gasteiger partial charge on any atom is 0.312 e. The van der Waals surface area contributed by atoms with Crippen LogP contribution < -0.4 is 0 Å². The standard InChI is InChI=1S/C14H24O4/c1-12(2,3)18-11(17)14(6)8-7-9(10(15)16)13(14,4)5/h9H,7-8H2,1-6H3,(H,15,16)/t9-,14-/m0/s1. The molecule has 1 rings (SSSR count). The van der Waals surface area contributed by atoms with E-state index in [4.69, 9.17) is 4.74 Å². The summed E-state index contributed by atoms with van der Waals surface area (Å²) in [6, 6.07) is 0. The zero-order valence-electron chi connectivity index (χ0n) is 12.2. The van der Waals surface area contributed by atoms with Crippen LogP contribution in [0.15, 0.2) is 0 Å². The van der Waals surface area contributed by atoms with Crippen molar-refractivity contribution in [1.82, 2.24) is 0 Å². The van der Waals surface area contributed by atoms with Crippen LogP contribution in [0.25, 0.3) is 0 Å². The quantitative estimate of drug-likeness (QED) is 0.772. The second-order valence-electron chi connectivity index (χ2n) is 6.99. The van der Waals surface area contributed by atoms with Gasteiger partial charge in [0.1, 0.15) is 5.60 Å². The molecule has 2 atom stereocenters. The van der Waals surface area contributed by atoms with E-state index in [0.717, 1.165) is 0 Å². The Bertz CT molecular complexity index is 364. The van der Waals surface area contributed by atoms with Gasteiger partial charge in [0.25, 0.3) is 0 Å². The minimum atomic E-state index is -0.827. The minimum absolute atomic E-state index is 0.288. The number of hydrogen-bond acceptors (Lipinski definition) is 3. The third-order valence-corrected chi connectivity index (χ3v) is 4.37. The van der Waals surface area contributed by atoms with Crippen molar-refractivity contribution in [1.29, 1.82) is 0 Å². The van der Waals surface area contributed by atoms with Crippen LogP contribution in [0.1, 0.15) is 54.4 Å². The first kappa shape index (κ1) is 15.0. The molecule has 0 bridgehead atoms. The zero-order valence-corrected chi connectivity index (χ0v) is 12.2. The lowest BCUT2D eigenvalue weighted by Crippen LogP contribution is -2.45. The molecule has 0 unspecified atom stereocenters. The first-order valence-corrected chi connectivity index (χ1v) is 6.38. The lowest BCUT2D eigenvalue weighted by atomic mass is 9.65. The van der Waals surface area contributed by atoms with Crippen LogP contribution in [0, 0.1) is 16.7 Å². The number of esters is 1. The number of rotatable bonds is 2. The van der Waals surface area contributed by atoms with Gasteiger partial charge in [-0.3, -0.25) is 9.59 Å². The topological polar surface area (TPSA) is 63.6 Å². The average Bonchev–Trinajstić information content (AvgIpc) is 2.36. The molecular formula is C14H24O4. The van der Waals surface area contributed by atoms with Gasteiger partial charge in [-0.2, -0.15) is 0 Å². The number of carbonyl (C=O) groups is 2. The molecule has 0 aromatic rings. The Morgan fingerprint density at radius 3 is 2.06 bits per heavy atom. The summed E-state index contributed by atoms with van der Waals surface area (Å²) in [5.41, 5.74) is -1.87. The van der Waals surface area contributed by atoms with E-state index in [9.17, 15) is 14.7 Å². The van der Waals surface area contributed by atoms with Crippen LogP contribution in [0.5, 0.6) is 0 Å². The highest BCUT2D eigenvalue weighted by Crippen LogP contribution is 2.56. The van der Waals surface area contributed by atoms with Gasteiger partial charge in [-0.25, -0.2) is 0 Å². The molecule has 0 aromatic carbocycles. The lowest BCUT2D eigenvalue weighted by molar-refractivity contribution is -0.174. The van der Waals surface area contributed by atoms with Crippen LogP contribution >= 0.6 is 0 Å². The van der Waals surface area contributed by atoms with Crippen LogP contribution in [0.3, 0.4) is 0 Å². The highest BCUT2D eigenvalue weighted by atomic mass is 16.6. The minimum Gasteiger partial charge on any atom is -0.481 e. The molecule has 18 heavy (non-hydrogen) atoms. The van der Waals surface area contributed by atoms with Crippen LogP contribution in [-0.4, -0.2) is 22.6 Å². The summed E-state index contributed by atoms with van der Waals surface area (Å²) in [7, 11) is 0. The molecule has 0 spiro atoms. The Morgan fingerprint density at radius 2 is 1.72 bits per heavy atom. The fourth-order valence-corrected chi connectivity index (χ4v) is 2.69. The van der Waals surface area contributed by atoms with Gasteiger partial charge in [-0.1, -0.05) is 13.8 Å². The zero-order chi connectivity index (χ0) is 14.4. The summed E-state index contributed by atoms with van der Waals surface area (Å²) in [5.74, 6) is -1.61. The molecular weight excluding hydrogens is 232 g/mol. The maximum atomic E-state index is 12.4. The van der Waals surface area contributed by atoms with E-state index in [1.54, 1.807) is 0 Å². The summed E-state index contributed by atoms with van der Waals surface area (Å²) in [5, 5.41) is 9.24. The van der Waals surface area contributed by atoms with Crippen molar-refractivity contribution in [2.24, 2.45) is 16.7 Å². The lowest BCUT2D eigenvalue weighted by Gasteiger charge is -2.39. The third kappa shape index (κ3) is 2.38. The summed E-state index contributed by atoms with van der Waals surface area (Å²) in [6.07, 6.45) is 1.09. The first-order chi connectivity index (χ1) is 7.92. The smallest absolute Gasteiger partial charge is 0.312 e. The van der Waals surface area contributed by atoms with Gasteiger partial charge >= 0.3 is 11.9 Å². The molecule has 0 aliphatic heterocycles. The SMILES string of the molecule is CC(C)(C)OC(=O)[C@]1(C)CC[C@@H](C(=O)O)C1(C)C. The monoisotopic (exact) mass is 256 g/mol. The molecule has 0 amide bonds. The fraction of sp³-hybridized carbons (Fsp3) is 0.857. The van der Waals surface area contributed by atoms with E-state index >= 15 is 0 Å². The Labute approximate surface area is 109 Å². The van der Waals surface area contributed by atoms with Crippen molar-refractivity contribution in [3.8, 4) is 0 Å². The van der Waals surface area contributed by atoms with Crippen molar-refractivity contribution in [2.45, 2.75) is 60.0 Å². The van der Waals surface area contributed by atoms with Crippen molar-refractivity contribution in [2.75, 3.05) is 0 Å². The number of ether oxygens (including phenoxy) is 1. The molecule has 104 valence electrons. The van der Waals surface area contributed by atoms with E-state index < -0.39 is 28.3 Å². The Balaban J connectivity index is 3.01. The molecule has 0 aromatic heterocycles. The molecule has 4 nitrogen and oxygen atoms in total. The van der Waals surface area contributed by atoms with Crippen molar-refractivity contribution in [3.63, 3.8) is 0 Å². The largest absolute Gasteiger partial charge is 0.481 e. The van der Waals surface area contributed by atoms with Gasteiger partial charge < -0.3 is 9.84 Å². The predicted octanol–water partition coefficient (Wildman–Crippen LogP) is 2.86. The average molecular weight is 256 g/mol. The predicted molar refractivity (Wildman–Crippen MR) is 68.1 cm³/mol. The van der Waals surface area contributed by atoms with E-state index in [1.165, 1.54) is 0 Å². The molecule has 0 saturated heterocycles. The molecule has 0 radical (unpaired) electrons. The van der Waals surface area contributed by atoms with Gasteiger partial charge in [0, 0.05) is 0 Å². The number of aliphatic carboxylic acids is 1. The van der Waals surface area contributed by atoms with Gasteiger partial charge in [0.2, 0.25) is 0 Å². The highest BCUT2D eigenvalue weighted by Gasteiger charge is 2.59. The number of carboxylic acids is 1. The van der Waals surface area contributed by atoms with Gasteiger partial charge in [0.05, 0.1) is 11.3 Å². The summed E-state index contributed by atoms with van der Waals surface area (Å²) < 4.78 is 5.46. The van der Waals surface area contributed by atoms with Crippen LogP contribution in [0.4, 0.5) is 0 Å². The first-order valence-electron chi connectivity index (χ1n) is 6.38. The van der Waals surface area contributed by atoms with Gasteiger partial charge in [-0.15, -0.1) is 0 Å². The second kappa shape index (κ2) is 4.25. The number of hydrogen-bond donors (Lipinski definition) is 1. The van der Waals surface area contributed by atoms with Crippen molar-refractivity contribution < 1.29 is 19.4 Å². The van der Waals surface area contributed by atoms with Gasteiger partial charge in [-0.05, 0) is 46.0 Å².